The summed E-state index contributed by atoms with van der Waals surface area (Å²) in [5.41, 5.74) is 0.940. The van der Waals surface area contributed by atoms with E-state index in [2.05, 4.69) is 16.1 Å². The normalized spacial score (nSPS) is 17.9. The summed E-state index contributed by atoms with van der Waals surface area (Å²) in [5, 5.41) is 3.43. The van der Waals surface area contributed by atoms with Crippen LogP contribution in [0.3, 0.4) is 0 Å². The second kappa shape index (κ2) is 7.82. The van der Waals surface area contributed by atoms with Crippen molar-refractivity contribution in [2.75, 3.05) is 26.7 Å². The number of likely N-dealkylation sites (tertiary alicyclic amines) is 1. The Morgan fingerprint density at radius 1 is 1.43 bits per heavy atom. The van der Waals surface area contributed by atoms with Crippen LogP contribution in [-0.4, -0.2) is 43.7 Å². The number of nitrogens with zero attached hydrogens (tertiary/aromatic N) is 1. The lowest BCUT2D eigenvalue weighted by Gasteiger charge is -2.33. The maximum atomic E-state index is 12.0. The lowest BCUT2D eigenvalue weighted by Crippen LogP contribution is -2.45. The third-order valence-electron chi connectivity index (χ3n) is 3.87. The molecule has 1 fully saturated rings. The van der Waals surface area contributed by atoms with Crippen LogP contribution in [0, 0.1) is 12.3 Å². The first-order valence-electron chi connectivity index (χ1n) is 7.29. The lowest BCUT2D eigenvalue weighted by molar-refractivity contribution is -0.143. The van der Waals surface area contributed by atoms with Gasteiger partial charge in [0, 0.05) is 19.1 Å². The second-order valence-corrected chi connectivity index (χ2v) is 5.29. The Balaban J connectivity index is 1.98. The van der Waals surface area contributed by atoms with Crippen LogP contribution in [0.2, 0.25) is 0 Å². The van der Waals surface area contributed by atoms with Crippen LogP contribution < -0.4 is 5.32 Å². The van der Waals surface area contributed by atoms with Crippen molar-refractivity contribution < 1.29 is 9.53 Å². The molecule has 21 heavy (non-hydrogen) atoms. The molecular formula is C17H22N2O2. The number of nitrogens with one attached hydrogen (secondary N) is 1. The molecule has 1 unspecified atom stereocenters. The topological polar surface area (TPSA) is 41.6 Å². The summed E-state index contributed by atoms with van der Waals surface area (Å²) < 4.78 is 4.93. The smallest absolute Gasteiger partial charge is 0.327 e. The number of piperidine rings is 1. The fourth-order valence-electron chi connectivity index (χ4n) is 2.69. The zero-order chi connectivity index (χ0) is 15.1. The van der Waals surface area contributed by atoms with E-state index in [1.54, 1.807) is 0 Å². The number of carbonyl (C=O) groups is 1. The highest BCUT2D eigenvalue weighted by Crippen LogP contribution is 2.18. The minimum atomic E-state index is -0.402. The first-order valence-corrected chi connectivity index (χ1v) is 7.29. The maximum Gasteiger partial charge on any atom is 0.327 e. The number of esters is 1. The molecule has 112 valence electrons. The van der Waals surface area contributed by atoms with Crippen molar-refractivity contribution in [1.82, 2.24) is 10.2 Å². The first-order chi connectivity index (χ1) is 10.2. The third-order valence-corrected chi connectivity index (χ3v) is 3.87. The minimum absolute atomic E-state index is 0.243. The molecule has 1 heterocycles. The Morgan fingerprint density at radius 3 is 2.67 bits per heavy atom. The Kier molecular flexibility index (Phi) is 5.79. The molecule has 1 aromatic carbocycles. The molecule has 4 nitrogen and oxygen atoms in total. The molecule has 1 saturated heterocycles. The highest BCUT2D eigenvalue weighted by molar-refractivity contribution is 5.77. The molecule has 0 amide bonds. The molecule has 0 aromatic heterocycles. The van der Waals surface area contributed by atoms with Gasteiger partial charge in [-0.15, -0.1) is 6.42 Å². The fraction of sp³-hybridized carbons (Fsp3) is 0.471. The number of carbonyl (C=O) groups excluding carboxylic acids is 1. The molecule has 1 aliphatic heterocycles. The Morgan fingerprint density at radius 2 is 2.10 bits per heavy atom. The molecule has 4 heteroatoms. The van der Waals surface area contributed by atoms with Crippen LogP contribution in [0.15, 0.2) is 30.3 Å². The molecule has 1 N–H and O–H groups in total. The fourth-order valence-corrected chi connectivity index (χ4v) is 2.69. The Bertz CT molecular complexity index is 487. The molecule has 0 spiro atoms. The standard InChI is InChI=1S/C17H22N2O2/c1-3-11-19-12-9-15(10-13-19)18-16(17(20)21-2)14-7-5-4-6-8-14/h1,4-8,15-16,18H,9-13H2,2H3. The third kappa shape index (κ3) is 4.32. The molecule has 1 aromatic rings. The van der Waals surface area contributed by atoms with E-state index in [0.717, 1.165) is 31.5 Å². The zero-order valence-electron chi connectivity index (χ0n) is 12.4. The van der Waals surface area contributed by atoms with E-state index in [0.29, 0.717) is 12.6 Å². The molecule has 0 aliphatic carbocycles. The van der Waals surface area contributed by atoms with Gasteiger partial charge in [0.15, 0.2) is 0 Å². The number of benzene rings is 1. The second-order valence-electron chi connectivity index (χ2n) is 5.29. The number of methoxy groups -OCH3 is 1. The van der Waals surface area contributed by atoms with Gasteiger partial charge in [0.1, 0.15) is 6.04 Å². The number of hydrogen-bond donors (Lipinski definition) is 1. The van der Waals surface area contributed by atoms with E-state index in [4.69, 9.17) is 11.2 Å². The minimum Gasteiger partial charge on any atom is -0.468 e. The average Bonchev–Trinajstić information content (AvgIpc) is 2.54. The quantitative estimate of drug-likeness (QED) is 0.659. The van der Waals surface area contributed by atoms with Crippen molar-refractivity contribution in [2.45, 2.75) is 24.9 Å². The van der Waals surface area contributed by atoms with E-state index < -0.39 is 6.04 Å². The average molecular weight is 286 g/mol. The highest BCUT2D eigenvalue weighted by Gasteiger charge is 2.26. The van der Waals surface area contributed by atoms with Gasteiger partial charge in [0.2, 0.25) is 0 Å². The Labute approximate surface area is 126 Å². The molecule has 0 radical (unpaired) electrons. The molecule has 2 rings (SSSR count). The van der Waals surface area contributed by atoms with E-state index in [1.807, 2.05) is 30.3 Å². The van der Waals surface area contributed by atoms with Crippen molar-refractivity contribution in [2.24, 2.45) is 0 Å². The summed E-state index contributed by atoms with van der Waals surface area (Å²) in [6.45, 7) is 2.63. The number of ether oxygens (including phenoxy) is 1. The van der Waals surface area contributed by atoms with Crippen LogP contribution in [-0.2, 0) is 9.53 Å². The van der Waals surface area contributed by atoms with Crippen LogP contribution in [0.1, 0.15) is 24.4 Å². The predicted molar refractivity (Wildman–Crippen MR) is 82.6 cm³/mol. The van der Waals surface area contributed by atoms with Crippen LogP contribution in [0.4, 0.5) is 0 Å². The number of terminal acetylenes is 1. The molecular weight excluding hydrogens is 264 g/mol. The highest BCUT2D eigenvalue weighted by atomic mass is 16.5. The van der Waals surface area contributed by atoms with Gasteiger partial charge in [-0.2, -0.15) is 0 Å². The number of hydrogen-bond acceptors (Lipinski definition) is 4. The van der Waals surface area contributed by atoms with Gasteiger partial charge in [-0.3, -0.25) is 10.2 Å². The van der Waals surface area contributed by atoms with Gasteiger partial charge in [0.05, 0.1) is 13.7 Å². The summed E-state index contributed by atoms with van der Waals surface area (Å²) in [6, 6.07) is 9.61. The monoisotopic (exact) mass is 286 g/mol. The SMILES string of the molecule is C#CCN1CCC(NC(C(=O)OC)c2ccccc2)CC1. The number of rotatable bonds is 5. The maximum absolute atomic E-state index is 12.0. The molecule has 0 saturated carbocycles. The summed E-state index contributed by atoms with van der Waals surface area (Å²) >= 11 is 0. The van der Waals surface area contributed by atoms with E-state index in [9.17, 15) is 4.79 Å². The molecule has 0 bridgehead atoms. The van der Waals surface area contributed by atoms with Gasteiger partial charge in [-0.25, -0.2) is 4.79 Å². The van der Waals surface area contributed by atoms with Crippen LogP contribution >= 0.6 is 0 Å². The summed E-state index contributed by atoms with van der Waals surface area (Å²) in [6.07, 6.45) is 7.32. The van der Waals surface area contributed by atoms with Crippen molar-refractivity contribution in [3.05, 3.63) is 35.9 Å². The van der Waals surface area contributed by atoms with Crippen molar-refractivity contribution in [3.8, 4) is 12.3 Å². The van der Waals surface area contributed by atoms with Crippen LogP contribution in [0.5, 0.6) is 0 Å². The van der Waals surface area contributed by atoms with Crippen molar-refractivity contribution >= 4 is 5.97 Å². The summed E-state index contributed by atoms with van der Waals surface area (Å²) in [7, 11) is 1.43. The Hall–Kier alpha value is -1.83. The lowest BCUT2D eigenvalue weighted by atomic mass is 10.0. The largest absolute Gasteiger partial charge is 0.468 e. The molecule has 1 aliphatic rings. The van der Waals surface area contributed by atoms with Gasteiger partial charge in [-0.05, 0) is 18.4 Å². The van der Waals surface area contributed by atoms with E-state index in [1.165, 1.54) is 7.11 Å². The van der Waals surface area contributed by atoms with Gasteiger partial charge in [0.25, 0.3) is 0 Å². The summed E-state index contributed by atoms with van der Waals surface area (Å²) in [4.78, 5) is 14.3. The zero-order valence-corrected chi connectivity index (χ0v) is 12.4. The van der Waals surface area contributed by atoms with Crippen LogP contribution in [0.25, 0.3) is 0 Å². The van der Waals surface area contributed by atoms with Crippen molar-refractivity contribution in [3.63, 3.8) is 0 Å². The summed E-state index contributed by atoms with van der Waals surface area (Å²) in [5.74, 6) is 2.43. The van der Waals surface area contributed by atoms with Gasteiger partial charge < -0.3 is 4.74 Å². The van der Waals surface area contributed by atoms with E-state index >= 15 is 0 Å². The first kappa shape index (κ1) is 15.6. The molecule has 1 atom stereocenters. The van der Waals surface area contributed by atoms with E-state index in [-0.39, 0.29) is 5.97 Å². The van der Waals surface area contributed by atoms with Gasteiger partial charge in [-0.1, -0.05) is 36.3 Å². The van der Waals surface area contributed by atoms with Gasteiger partial charge >= 0.3 is 5.97 Å². The van der Waals surface area contributed by atoms with Crippen molar-refractivity contribution in [1.29, 1.82) is 0 Å². The predicted octanol–water partition coefficient (Wildman–Crippen LogP) is 1.59.